The SMILES string of the molecule is CSc1cccc(F)c1C(=O)C(C)Br. The van der Waals surface area contributed by atoms with Crippen LogP contribution in [0.2, 0.25) is 0 Å². The van der Waals surface area contributed by atoms with Gasteiger partial charge in [0.2, 0.25) is 0 Å². The van der Waals surface area contributed by atoms with Crippen molar-refractivity contribution in [2.75, 3.05) is 6.26 Å². The zero-order valence-corrected chi connectivity index (χ0v) is 10.3. The highest BCUT2D eigenvalue weighted by atomic mass is 79.9. The van der Waals surface area contributed by atoms with E-state index in [1.165, 1.54) is 17.8 Å². The molecule has 0 aromatic heterocycles. The van der Waals surface area contributed by atoms with Crippen molar-refractivity contribution < 1.29 is 9.18 Å². The number of Topliss-reactive ketones (excluding diaryl/α,β-unsaturated/α-hetero) is 1. The lowest BCUT2D eigenvalue weighted by molar-refractivity contribution is 0.0989. The van der Waals surface area contributed by atoms with Crippen LogP contribution in [0.25, 0.3) is 0 Å². The Morgan fingerprint density at radius 2 is 2.21 bits per heavy atom. The van der Waals surface area contributed by atoms with Gasteiger partial charge in [-0.3, -0.25) is 4.79 Å². The van der Waals surface area contributed by atoms with Crippen molar-refractivity contribution in [1.82, 2.24) is 0 Å². The third-order valence-electron chi connectivity index (χ3n) is 1.80. The van der Waals surface area contributed by atoms with E-state index in [1.807, 2.05) is 6.26 Å². The lowest BCUT2D eigenvalue weighted by Gasteiger charge is -2.08. The summed E-state index contributed by atoms with van der Waals surface area (Å²) in [5.41, 5.74) is 0.185. The van der Waals surface area contributed by atoms with Gasteiger partial charge in [0.25, 0.3) is 0 Å². The Morgan fingerprint density at radius 3 is 2.71 bits per heavy atom. The topological polar surface area (TPSA) is 17.1 Å². The molecule has 76 valence electrons. The summed E-state index contributed by atoms with van der Waals surface area (Å²) in [7, 11) is 0. The fourth-order valence-corrected chi connectivity index (χ4v) is 1.96. The first kappa shape index (κ1) is 11.7. The second-order valence-electron chi connectivity index (χ2n) is 2.80. The summed E-state index contributed by atoms with van der Waals surface area (Å²) in [5.74, 6) is -0.666. The number of ketones is 1. The first-order valence-corrected chi connectivity index (χ1v) is 6.22. The average Bonchev–Trinajstić information content (AvgIpc) is 2.16. The summed E-state index contributed by atoms with van der Waals surface area (Å²) in [6.45, 7) is 1.69. The van der Waals surface area contributed by atoms with E-state index in [2.05, 4.69) is 15.9 Å². The number of rotatable bonds is 3. The van der Waals surface area contributed by atoms with Crippen LogP contribution in [0.15, 0.2) is 23.1 Å². The van der Waals surface area contributed by atoms with E-state index in [1.54, 1.807) is 19.1 Å². The molecule has 4 heteroatoms. The van der Waals surface area contributed by atoms with Crippen molar-refractivity contribution in [1.29, 1.82) is 0 Å². The highest BCUT2D eigenvalue weighted by Crippen LogP contribution is 2.25. The fraction of sp³-hybridized carbons (Fsp3) is 0.300. The number of carbonyl (C=O) groups is 1. The molecule has 0 amide bonds. The van der Waals surface area contributed by atoms with E-state index in [9.17, 15) is 9.18 Å². The van der Waals surface area contributed by atoms with E-state index in [0.717, 1.165) is 0 Å². The molecule has 0 aliphatic carbocycles. The van der Waals surface area contributed by atoms with E-state index in [0.29, 0.717) is 4.90 Å². The Balaban J connectivity index is 3.23. The summed E-state index contributed by atoms with van der Waals surface area (Å²) in [6, 6.07) is 4.66. The fourth-order valence-electron chi connectivity index (χ4n) is 1.11. The molecule has 0 saturated heterocycles. The third-order valence-corrected chi connectivity index (χ3v) is 3.00. The summed E-state index contributed by atoms with van der Waals surface area (Å²) in [6.07, 6.45) is 1.82. The van der Waals surface area contributed by atoms with Crippen LogP contribution < -0.4 is 0 Å². The van der Waals surface area contributed by atoms with Crippen LogP contribution in [0.1, 0.15) is 17.3 Å². The maximum atomic E-state index is 13.4. The van der Waals surface area contributed by atoms with E-state index in [4.69, 9.17) is 0 Å². The molecule has 1 aromatic rings. The van der Waals surface area contributed by atoms with Crippen molar-refractivity contribution in [3.8, 4) is 0 Å². The molecule has 0 aliphatic rings. The molecule has 0 bridgehead atoms. The smallest absolute Gasteiger partial charge is 0.180 e. The van der Waals surface area contributed by atoms with Gasteiger partial charge in [0.05, 0.1) is 10.4 Å². The maximum absolute atomic E-state index is 13.4. The van der Waals surface area contributed by atoms with Crippen LogP contribution in [-0.2, 0) is 0 Å². The van der Waals surface area contributed by atoms with Crippen molar-refractivity contribution in [3.05, 3.63) is 29.6 Å². The van der Waals surface area contributed by atoms with Crippen molar-refractivity contribution >= 4 is 33.5 Å². The van der Waals surface area contributed by atoms with Crippen molar-refractivity contribution in [2.45, 2.75) is 16.6 Å². The van der Waals surface area contributed by atoms with Gasteiger partial charge < -0.3 is 0 Å². The number of alkyl halides is 1. The number of carbonyl (C=O) groups excluding carboxylic acids is 1. The van der Waals surface area contributed by atoms with Gasteiger partial charge in [0.1, 0.15) is 5.82 Å². The summed E-state index contributed by atoms with van der Waals surface area (Å²) < 4.78 is 13.4. The Hall–Kier alpha value is -0.350. The lowest BCUT2D eigenvalue weighted by Crippen LogP contribution is -2.13. The minimum Gasteiger partial charge on any atom is -0.293 e. The highest BCUT2D eigenvalue weighted by Gasteiger charge is 2.19. The zero-order valence-electron chi connectivity index (χ0n) is 7.88. The predicted molar refractivity (Wildman–Crippen MR) is 60.9 cm³/mol. The van der Waals surface area contributed by atoms with Gasteiger partial charge in [-0.05, 0) is 25.3 Å². The third kappa shape index (κ3) is 2.36. The number of thioether (sulfide) groups is 1. The molecule has 0 fully saturated rings. The van der Waals surface area contributed by atoms with Crippen LogP contribution in [0, 0.1) is 5.82 Å². The van der Waals surface area contributed by atoms with Crippen LogP contribution in [-0.4, -0.2) is 16.9 Å². The molecule has 0 spiro atoms. The van der Waals surface area contributed by atoms with Gasteiger partial charge in [0, 0.05) is 4.90 Å². The maximum Gasteiger partial charge on any atom is 0.180 e. The first-order chi connectivity index (χ1) is 6.57. The van der Waals surface area contributed by atoms with E-state index >= 15 is 0 Å². The molecule has 0 N–H and O–H groups in total. The molecule has 0 radical (unpaired) electrons. The minimum absolute atomic E-state index is 0.185. The van der Waals surface area contributed by atoms with E-state index < -0.39 is 5.82 Å². The zero-order chi connectivity index (χ0) is 10.7. The van der Waals surface area contributed by atoms with Gasteiger partial charge in [-0.1, -0.05) is 22.0 Å². The average molecular weight is 277 g/mol. The van der Waals surface area contributed by atoms with Crippen molar-refractivity contribution in [2.24, 2.45) is 0 Å². The van der Waals surface area contributed by atoms with Gasteiger partial charge in [-0.25, -0.2) is 4.39 Å². The van der Waals surface area contributed by atoms with Gasteiger partial charge in [-0.15, -0.1) is 11.8 Å². The van der Waals surface area contributed by atoms with Gasteiger partial charge in [0.15, 0.2) is 5.78 Å². The highest BCUT2D eigenvalue weighted by molar-refractivity contribution is 9.10. The van der Waals surface area contributed by atoms with Crippen LogP contribution in [0.5, 0.6) is 0 Å². The van der Waals surface area contributed by atoms with Crippen molar-refractivity contribution in [3.63, 3.8) is 0 Å². The normalized spacial score (nSPS) is 12.6. The van der Waals surface area contributed by atoms with Gasteiger partial charge >= 0.3 is 0 Å². The number of hydrogen-bond donors (Lipinski definition) is 0. The Bertz CT molecular complexity index is 352. The molecule has 1 aromatic carbocycles. The molecular formula is C10H10BrFOS. The molecule has 0 aliphatic heterocycles. The van der Waals surface area contributed by atoms with Crippen LogP contribution >= 0.6 is 27.7 Å². The lowest BCUT2D eigenvalue weighted by atomic mass is 10.1. The molecule has 1 atom stereocenters. The molecule has 1 unspecified atom stereocenters. The standard InChI is InChI=1S/C10H10BrFOS/c1-6(11)10(13)9-7(12)4-3-5-8(9)14-2/h3-6H,1-2H3. The Morgan fingerprint density at radius 1 is 1.57 bits per heavy atom. The van der Waals surface area contributed by atoms with Crippen LogP contribution in [0.4, 0.5) is 4.39 Å². The second kappa shape index (κ2) is 4.94. The number of halogens is 2. The predicted octanol–water partition coefficient (Wildman–Crippen LogP) is 3.51. The monoisotopic (exact) mass is 276 g/mol. The molecule has 0 heterocycles. The molecule has 1 rings (SSSR count). The molecule has 14 heavy (non-hydrogen) atoms. The summed E-state index contributed by atoms with van der Waals surface area (Å²) >= 11 is 4.52. The Kier molecular flexibility index (Phi) is 4.13. The molecule has 1 nitrogen and oxygen atoms in total. The van der Waals surface area contributed by atoms with Gasteiger partial charge in [-0.2, -0.15) is 0 Å². The molecule has 0 saturated carbocycles. The quantitative estimate of drug-likeness (QED) is 0.478. The van der Waals surface area contributed by atoms with Crippen LogP contribution in [0.3, 0.4) is 0 Å². The largest absolute Gasteiger partial charge is 0.293 e. The molecular weight excluding hydrogens is 267 g/mol. The minimum atomic E-state index is -0.451. The Labute approximate surface area is 95.2 Å². The first-order valence-electron chi connectivity index (χ1n) is 4.08. The summed E-state index contributed by atoms with van der Waals surface area (Å²) in [5, 5.41) is 0. The van der Waals surface area contributed by atoms with E-state index in [-0.39, 0.29) is 16.2 Å². The number of benzene rings is 1. The second-order valence-corrected chi connectivity index (χ2v) is 5.02. The summed E-state index contributed by atoms with van der Waals surface area (Å²) in [4.78, 5) is 12.0. The number of hydrogen-bond acceptors (Lipinski definition) is 2.